The summed E-state index contributed by atoms with van der Waals surface area (Å²) in [4.78, 5) is 32.2. The maximum Gasteiger partial charge on any atom is 0.415 e. The molecule has 2 saturated heterocycles. The molecule has 1 aromatic heterocycles. The monoisotopic (exact) mass is 571 g/mol. The molecule has 2 aromatic carbocycles. The Hall–Kier alpha value is -3.43. The molecule has 0 bridgehead atoms. The van der Waals surface area contributed by atoms with Crippen molar-refractivity contribution >= 4 is 41.0 Å². The third-order valence-corrected chi connectivity index (χ3v) is 7.94. The van der Waals surface area contributed by atoms with Gasteiger partial charge in [0.2, 0.25) is 5.91 Å². The summed E-state index contributed by atoms with van der Waals surface area (Å²) >= 11 is 12.0. The summed E-state index contributed by atoms with van der Waals surface area (Å²) in [6, 6.07) is 16.0. The number of anilines is 1. The smallest absolute Gasteiger partial charge is 0.410 e. The molecular formula is C28H28Cl2FN5O3. The van der Waals surface area contributed by atoms with Crippen LogP contribution in [0.2, 0.25) is 10.2 Å². The van der Waals surface area contributed by atoms with Gasteiger partial charge in [-0.15, -0.1) is 10.2 Å². The third-order valence-electron chi connectivity index (χ3n) is 7.49. The van der Waals surface area contributed by atoms with E-state index in [1.807, 2.05) is 35.2 Å². The van der Waals surface area contributed by atoms with Crippen LogP contribution in [-0.2, 0) is 4.79 Å². The summed E-state index contributed by atoms with van der Waals surface area (Å²) in [5.41, 5.74) is 0.984. The van der Waals surface area contributed by atoms with Gasteiger partial charge in [-0.25, -0.2) is 9.18 Å². The van der Waals surface area contributed by atoms with Crippen molar-refractivity contribution in [1.82, 2.24) is 20.0 Å². The molecule has 11 heteroatoms. The largest absolute Gasteiger partial charge is 0.415 e. The van der Waals surface area contributed by atoms with E-state index in [-0.39, 0.29) is 29.5 Å². The van der Waals surface area contributed by atoms with Gasteiger partial charge in [-0.3, -0.25) is 4.79 Å². The number of amides is 2. The predicted octanol–water partition coefficient (Wildman–Crippen LogP) is 5.26. The Balaban J connectivity index is 1.28. The molecule has 0 aliphatic carbocycles. The first-order valence-electron chi connectivity index (χ1n) is 12.8. The molecule has 0 spiro atoms. The summed E-state index contributed by atoms with van der Waals surface area (Å²) in [6.45, 7) is 2.23. The standard InChI is InChI=1S/C28H28Cl2FN5O3/c1-34(28(38)39-22-8-6-21(31)7-9-22)24-17-36(16-23(24)18-2-4-20(29)5-3-18)27(37)19-12-14-35(15-13-19)26-11-10-25(30)32-33-26/h2-11,19,23-24H,12-17H2,1H3/t23?,24-/m1/s1. The van der Waals surface area contributed by atoms with Crippen LogP contribution in [0.1, 0.15) is 24.3 Å². The normalized spacial score (nSPS) is 19.7. The lowest BCUT2D eigenvalue weighted by Crippen LogP contribution is -2.45. The molecule has 2 aliphatic rings. The van der Waals surface area contributed by atoms with E-state index in [1.165, 1.54) is 29.2 Å². The number of ether oxygens (including phenoxy) is 1. The molecular weight excluding hydrogens is 544 g/mol. The molecule has 2 aliphatic heterocycles. The van der Waals surface area contributed by atoms with Crippen LogP contribution in [0.4, 0.5) is 15.0 Å². The van der Waals surface area contributed by atoms with E-state index in [0.29, 0.717) is 49.2 Å². The molecule has 2 fully saturated rings. The lowest BCUT2D eigenvalue weighted by atomic mass is 9.93. The zero-order valence-corrected chi connectivity index (χ0v) is 22.9. The molecule has 3 aromatic rings. The number of nitrogens with zero attached hydrogens (tertiary/aromatic N) is 5. The Morgan fingerprint density at radius 3 is 2.28 bits per heavy atom. The number of likely N-dealkylation sites (tertiary alicyclic amines) is 1. The quantitative estimate of drug-likeness (QED) is 0.415. The summed E-state index contributed by atoms with van der Waals surface area (Å²) < 4.78 is 18.8. The third kappa shape index (κ3) is 6.25. The molecule has 0 radical (unpaired) electrons. The number of benzene rings is 2. The van der Waals surface area contributed by atoms with Crippen molar-refractivity contribution in [3.05, 3.63) is 82.2 Å². The Labute approximate surface area is 236 Å². The Kier molecular flexibility index (Phi) is 8.18. The van der Waals surface area contributed by atoms with E-state index in [4.69, 9.17) is 27.9 Å². The van der Waals surface area contributed by atoms with Crippen molar-refractivity contribution in [3.63, 3.8) is 0 Å². The van der Waals surface area contributed by atoms with Gasteiger partial charge in [0.1, 0.15) is 11.6 Å². The fourth-order valence-corrected chi connectivity index (χ4v) is 5.53. The minimum absolute atomic E-state index is 0.0820. The van der Waals surface area contributed by atoms with Crippen LogP contribution in [0.3, 0.4) is 0 Å². The predicted molar refractivity (Wildman–Crippen MR) is 147 cm³/mol. The zero-order valence-electron chi connectivity index (χ0n) is 21.3. The van der Waals surface area contributed by atoms with Crippen LogP contribution >= 0.6 is 23.2 Å². The Bertz CT molecular complexity index is 1300. The molecule has 1 unspecified atom stereocenters. The zero-order chi connectivity index (χ0) is 27.5. The lowest BCUT2D eigenvalue weighted by molar-refractivity contribution is -0.135. The maximum absolute atomic E-state index is 13.7. The first kappa shape index (κ1) is 27.1. The Morgan fingerprint density at radius 1 is 0.949 bits per heavy atom. The van der Waals surface area contributed by atoms with Crippen LogP contribution in [0.25, 0.3) is 0 Å². The summed E-state index contributed by atoms with van der Waals surface area (Å²) in [6.07, 6.45) is 0.814. The number of halogens is 3. The van der Waals surface area contributed by atoms with Gasteiger partial charge in [0, 0.05) is 50.1 Å². The van der Waals surface area contributed by atoms with E-state index < -0.39 is 11.9 Å². The topological polar surface area (TPSA) is 78.9 Å². The van der Waals surface area contributed by atoms with Crippen molar-refractivity contribution in [2.24, 2.45) is 5.92 Å². The first-order valence-corrected chi connectivity index (χ1v) is 13.5. The van der Waals surface area contributed by atoms with Crippen molar-refractivity contribution < 1.29 is 18.7 Å². The first-order chi connectivity index (χ1) is 18.8. The Morgan fingerprint density at radius 2 is 1.64 bits per heavy atom. The van der Waals surface area contributed by atoms with Crippen molar-refractivity contribution in [2.45, 2.75) is 24.8 Å². The van der Waals surface area contributed by atoms with Gasteiger partial charge in [0.25, 0.3) is 0 Å². The molecule has 2 amide bonds. The summed E-state index contributed by atoms with van der Waals surface area (Å²) in [5, 5.41) is 9.02. The number of carbonyl (C=O) groups excluding carboxylic acids is 2. The highest BCUT2D eigenvalue weighted by Gasteiger charge is 2.42. The van der Waals surface area contributed by atoms with Gasteiger partial charge in [-0.2, -0.15) is 0 Å². The number of rotatable bonds is 5. The van der Waals surface area contributed by atoms with Crippen LogP contribution in [0, 0.1) is 11.7 Å². The van der Waals surface area contributed by atoms with E-state index >= 15 is 0 Å². The lowest BCUT2D eigenvalue weighted by Gasteiger charge is -2.33. The molecule has 204 valence electrons. The van der Waals surface area contributed by atoms with Gasteiger partial charge in [0.05, 0.1) is 6.04 Å². The van der Waals surface area contributed by atoms with Gasteiger partial charge in [-0.1, -0.05) is 35.3 Å². The molecule has 8 nitrogen and oxygen atoms in total. The van der Waals surface area contributed by atoms with Crippen LogP contribution in [-0.4, -0.2) is 71.3 Å². The second-order valence-electron chi connectivity index (χ2n) is 9.88. The fraction of sp³-hybridized carbons (Fsp3) is 0.357. The molecule has 0 saturated carbocycles. The van der Waals surface area contributed by atoms with Gasteiger partial charge in [-0.05, 0) is 66.9 Å². The highest BCUT2D eigenvalue weighted by atomic mass is 35.5. The highest BCUT2D eigenvalue weighted by molar-refractivity contribution is 6.30. The van der Waals surface area contributed by atoms with E-state index in [9.17, 15) is 14.0 Å². The van der Waals surface area contributed by atoms with Crippen molar-refractivity contribution in [2.75, 3.05) is 38.1 Å². The molecule has 2 atom stereocenters. The number of aromatic nitrogens is 2. The van der Waals surface area contributed by atoms with Gasteiger partial charge >= 0.3 is 6.09 Å². The molecule has 39 heavy (non-hydrogen) atoms. The molecule has 0 N–H and O–H groups in total. The molecule has 3 heterocycles. The maximum atomic E-state index is 13.7. The van der Waals surface area contributed by atoms with E-state index in [2.05, 4.69) is 15.1 Å². The fourth-order valence-electron chi connectivity index (χ4n) is 5.30. The summed E-state index contributed by atoms with van der Waals surface area (Å²) in [5.74, 6) is 0.417. The number of hydrogen-bond acceptors (Lipinski definition) is 6. The van der Waals surface area contributed by atoms with Crippen LogP contribution in [0.15, 0.2) is 60.7 Å². The van der Waals surface area contributed by atoms with Crippen molar-refractivity contribution in [3.8, 4) is 5.75 Å². The summed E-state index contributed by atoms with van der Waals surface area (Å²) in [7, 11) is 1.67. The van der Waals surface area contributed by atoms with Crippen LogP contribution < -0.4 is 9.64 Å². The average molecular weight is 572 g/mol. The highest BCUT2D eigenvalue weighted by Crippen LogP contribution is 2.34. The van der Waals surface area contributed by atoms with Gasteiger partial charge < -0.3 is 19.4 Å². The second kappa shape index (κ2) is 11.8. The van der Waals surface area contributed by atoms with E-state index in [1.54, 1.807) is 13.1 Å². The number of hydrogen-bond donors (Lipinski definition) is 0. The van der Waals surface area contributed by atoms with Crippen LogP contribution in [0.5, 0.6) is 5.75 Å². The molecule has 5 rings (SSSR count). The number of piperidine rings is 1. The van der Waals surface area contributed by atoms with Crippen molar-refractivity contribution in [1.29, 1.82) is 0 Å². The second-order valence-corrected chi connectivity index (χ2v) is 10.7. The van der Waals surface area contributed by atoms with E-state index in [0.717, 1.165) is 11.4 Å². The minimum atomic E-state index is -0.572. The van der Waals surface area contributed by atoms with Gasteiger partial charge in [0.15, 0.2) is 11.0 Å². The number of carbonyl (C=O) groups is 2. The average Bonchev–Trinajstić information content (AvgIpc) is 3.40. The minimum Gasteiger partial charge on any atom is -0.410 e. The SMILES string of the molecule is CN(C(=O)Oc1ccc(F)cc1)[C@@H]1CN(C(=O)C2CCN(c3ccc(Cl)nn3)CC2)CC1c1ccc(Cl)cc1. The number of likely N-dealkylation sites (N-methyl/N-ethyl adjacent to an activating group) is 1.